The van der Waals surface area contributed by atoms with Gasteiger partial charge in [-0.2, -0.15) is 0 Å². The molecule has 2 N–H and O–H groups in total. The second kappa shape index (κ2) is 7.82. The Balaban J connectivity index is 1.67. The van der Waals surface area contributed by atoms with Crippen LogP contribution in [0.5, 0.6) is 0 Å². The maximum atomic E-state index is 12.6. The van der Waals surface area contributed by atoms with Crippen LogP contribution in [0, 0.1) is 56.7 Å². The second-order valence-electron chi connectivity index (χ2n) is 14.8. The minimum absolute atomic E-state index is 0.00375. The minimum atomic E-state index is -1.10. The molecular weight excluding hydrogens is 436 g/mol. The summed E-state index contributed by atoms with van der Waals surface area (Å²) in [5.74, 6) is 1.38. The molecule has 12 unspecified atom stereocenters. The molecule has 12 atom stereocenters. The van der Waals surface area contributed by atoms with E-state index in [2.05, 4.69) is 47.6 Å². The van der Waals surface area contributed by atoms with Crippen LogP contribution in [-0.2, 0) is 9.53 Å². The molecule has 5 rings (SSSR count). The van der Waals surface area contributed by atoms with E-state index in [1.165, 1.54) is 25.7 Å². The summed E-state index contributed by atoms with van der Waals surface area (Å²) in [5.41, 5.74) is 0.900. The molecule has 4 fully saturated rings. The number of aliphatic hydroxyl groups is 1. The number of hydrogen-bond donors (Lipinski definition) is 2. The summed E-state index contributed by atoms with van der Waals surface area (Å²) >= 11 is 0. The number of fused-ring (bicyclic) bond motifs is 7. The molecule has 0 heterocycles. The van der Waals surface area contributed by atoms with Gasteiger partial charge in [-0.15, -0.1) is 0 Å². The highest BCUT2D eigenvalue weighted by molar-refractivity contribution is 5.76. The molecule has 4 heteroatoms. The average molecular weight is 487 g/mol. The van der Waals surface area contributed by atoms with Crippen molar-refractivity contribution in [3.05, 3.63) is 11.6 Å². The Morgan fingerprint density at radius 3 is 2.29 bits per heavy atom. The number of aliphatic carboxylic acids is 1. The van der Waals surface area contributed by atoms with Gasteiger partial charge in [-0.25, -0.2) is 0 Å². The normalized spacial score (nSPS) is 57.7. The van der Waals surface area contributed by atoms with Gasteiger partial charge < -0.3 is 14.9 Å². The van der Waals surface area contributed by atoms with E-state index in [1.54, 1.807) is 5.57 Å². The van der Waals surface area contributed by atoms with E-state index >= 15 is 0 Å². The van der Waals surface area contributed by atoms with E-state index in [0.717, 1.165) is 25.2 Å². The zero-order valence-electron chi connectivity index (χ0n) is 23.5. The quantitative estimate of drug-likeness (QED) is 0.426. The first-order valence-corrected chi connectivity index (χ1v) is 14.4. The Morgan fingerprint density at radius 1 is 0.971 bits per heavy atom. The molecule has 0 saturated heterocycles. The topological polar surface area (TPSA) is 66.8 Å². The van der Waals surface area contributed by atoms with Crippen molar-refractivity contribution in [2.75, 3.05) is 7.11 Å². The van der Waals surface area contributed by atoms with Crippen molar-refractivity contribution in [1.29, 1.82) is 0 Å². The molecule has 35 heavy (non-hydrogen) atoms. The molecule has 0 radical (unpaired) electrons. The standard InChI is InChI=1S/C31H50O4/c1-18-9-12-27(3)15-16-29(5)20(24(27)19(18)2)17-21(35-8)25-28(4)13-11-23(32)31(7,26(33)34)22(28)10-14-30(25,29)6/h17-19,21-25,32H,9-16H2,1-8H3,(H,33,34). The number of methoxy groups -OCH3 is 1. The van der Waals surface area contributed by atoms with Crippen molar-refractivity contribution >= 4 is 5.97 Å². The molecule has 0 aromatic carbocycles. The average Bonchev–Trinajstić information content (AvgIpc) is 2.79. The van der Waals surface area contributed by atoms with Gasteiger partial charge in [-0.05, 0) is 104 Å². The summed E-state index contributed by atoms with van der Waals surface area (Å²) in [6.45, 7) is 16.7. The number of aliphatic hydroxyl groups excluding tert-OH is 1. The summed E-state index contributed by atoms with van der Waals surface area (Å²) in [5, 5.41) is 21.3. The first kappa shape index (κ1) is 25.8. The van der Waals surface area contributed by atoms with Crippen molar-refractivity contribution in [1.82, 2.24) is 0 Å². The summed E-state index contributed by atoms with van der Waals surface area (Å²) in [6, 6.07) is 0. The number of rotatable bonds is 2. The van der Waals surface area contributed by atoms with Crippen molar-refractivity contribution in [2.45, 2.75) is 112 Å². The Labute approximate surface area is 213 Å². The van der Waals surface area contributed by atoms with Crippen LogP contribution in [0.4, 0.5) is 0 Å². The fourth-order valence-corrected chi connectivity index (χ4v) is 11.1. The number of carbonyl (C=O) groups is 1. The molecule has 198 valence electrons. The highest BCUT2D eigenvalue weighted by atomic mass is 16.5. The largest absolute Gasteiger partial charge is 0.481 e. The van der Waals surface area contributed by atoms with Crippen LogP contribution in [0.2, 0.25) is 0 Å². The van der Waals surface area contributed by atoms with Crippen LogP contribution in [0.15, 0.2) is 11.6 Å². The van der Waals surface area contributed by atoms with E-state index in [4.69, 9.17) is 4.74 Å². The van der Waals surface area contributed by atoms with Gasteiger partial charge in [0.2, 0.25) is 0 Å². The number of hydrogen-bond acceptors (Lipinski definition) is 3. The van der Waals surface area contributed by atoms with Gasteiger partial charge >= 0.3 is 5.97 Å². The predicted molar refractivity (Wildman–Crippen MR) is 139 cm³/mol. The number of allylic oxidation sites excluding steroid dienone is 1. The zero-order chi connectivity index (χ0) is 25.8. The van der Waals surface area contributed by atoms with Crippen LogP contribution < -0.4 is 0 Å². The van der Waals surface area contributed by atoms with Crippen molar-refractivity contribution in [2.24, 2.45) is 56.7 Å². The monoisotopic (exact) mass is 486 g/mol. The van der Waals surface area contributed by atoms with Crippen LogP contribution in [0.3, 0.4) is 0 Å². The molecule has 0 aromatic rings. The molecule has 4 saturated carbocycles. The fraction of sp³-hybridized carbons (Fsp3) is 0.903. The first-order valence-electron chi connectivity index (χ1n) is 14.4. The van der Waals surface area contributed by atoms with Gasteiger partial charge in [0.25, 0.3) is 0 Å². The van der Waals surface area contributed by atoms with Crippen molar-refractivity contribution in [3.8, 4) is 0 Å². The van der Waals surface area contributed by atoms with E-state index < -0.39 is 17.5 Å². The lowest BCUT2D eigenvalue weighted by Gasteiger charge is -2.72. The minimum Gasteiger partial charge on any atom is -0.481 e. The Kier molecular flexibility index (Phi) is 5.76. The summed E-state index contributed by atoms with van der Waals surface area (Å²) in [7, 11) is 1.86. The summed E-state index contributed by atoms with van der Waals surface area (Å²) in [4.78, 5) is 12.6. The van der Waals surface area contributed by atoms with Gasteiger partial charge in [0, 0.05) is 13.0 Å². The van der Waals surface area contributed by atoms with Crippen LogP contribution >= 0.6 is 0 Å². The SMILES string of the molecule is COC1C=C2C3C(C)C(C)CCC3(C)CCC2(C)C2(C)CCC3C(C)(CCC(O)C3(C)C(=O)O)C12. The highest BCUT2D eigenvalue weighted by Crippen LogP contribution is 2.76. The third-order valence-electron chi connectivity index (χ3n) is 13.7. The third-order valence-corrected chi connectivity index (χ3v) is 13.7. The first-order chi connectivity index (χ1) is 16.2. The molecule has 5 aliphatic rings. The van der Waals surface area contributed by atoms with Gasteiger partial charge in [-0.3, -0.25) is 4.79 Å². The van der Waals surface area contributed by atoms with Crippen molar-refractivity contribution < 1.29 is 19.7 Å². The van der Waals surface area contributed by atoms with E-state index in [-0.39, 0.29) is 34.2 Å². The van der Waals surface area contributed by atoms with Gasteiger partial charge in [0.15, 0.2) is 0 Å². The zero-order valence-corrected chi connectivity index (χ0v) is 23.5. The molecule has 0 aromatic heterocycles. The fourth-order valence-electron chi connectivity index (χ4n) is 11.1. The molecule has 4 nitrogen and oxygen atoms in total. The predicted octanol–water partition coefficient (Wildman–Crippen LogP) is 6.71. The summed E-state index contributed by atoms with van der Waals surface area (Å²) < 4.78 is 6.38. The van der Waals surface area contributed by atoms with Gasteiger partial charge in [0.1, 0.15) is 0 Å². The smallest absolute Gasteiger partial charge is 0.312 e. The lowest BCUT2D eigenvalue weighted by Crippen LogP contribution is -2.69. The Bertz CT molecular complexity index is 927. The molecular formula is C31H50O4. The Hall–Kier alpha value is -0.870. The van der Waals surface area contributed by atoms with Crippen LogP contribution in [0.25, 0.3) is 0 Å². The highest BCUT2D eigenvalue weighted by Gasteiger charge is 2.71. The molecule has 0 aliphatic heterocycles. The summed E-state index contributed by atoms with van der Waals surface area (Å²) in [6.07, 6.45) is 10.2. The number of ether oxygens (including phenoxy) is 1. The number of carboxylic acids is 1. The Morgan fingerprint density at radius 2 is 1.66 bits per heavy atom. The molecule has 0 amide bonds. The molecule has 5 aliphatic carbocycles. The maximum absolute atomic E-state index is 12.6. The van der Waals surface area contributed by atoms with Crippen molar-refractivity contribution in [3.63, 3.8) is 0 Å². The van der Waals surface area contributed by atoms with Crippen LogP contribution in [0.1, 0.15) is 99.8 Å². The van der Waals surface area contributed by atoms with E-state index in [0.29, 0.717) is 23.7 Å². The van der Waals surface area contributed by atoms with Crippen LogP contribution in [-0.4, -0.2) is 35.5 Å². The molecule has 0 spiro atoms. The van der Waals surface area contributed by atoms with Gasteiger partial charge in [-0.1, -0.05) is 53.2 Å². The lowest BCUT2D eigenvalue weighted by atomic mass is 9.33. The van der Waals surface area contributed by atoms with E-state index in [1.807, 2.05) is 14.0 Å². The second-order valence-corrected chi connectivity index (χ2v) is 14.8. The lowest BCUT2D eigenvalue weighted by molar-refractivity contribution is -0.235. The molecule has 0 bridgehead atoms. The maximum Gasteiger partial charge on any atom is 0.312 e. The van der Waals surface area contributed by atoms with Gasteiger partial charge in [0.05, 0.1) is 17.6 Å². The van der Waals surface area contributed by atoms with E-state index in [9.17, 15) is 15.0 Å². The number of carboxylic acid groups (broad SMARTS) is 1. The third kappa shape index (κ3) is 3.02.